The molecule has 0 bridgehead atoms. The standard InChI is InChI=1S/C10H17F3N2O.ClH/c11-10(12,13)8-3-6-15(7-4-8)9(16)2-1-5-14;/h8H,1-7,14H2;1H. The van der Waals surface area contributed by atoms with Gasteiger partial charge in [-0.2, -0.15) is 13.2 Å². The third-order valence-corrected chi connectivity index (χ3v) is 2.91. The summed E-state index contributed by atoms with van der Waals surface area (Å²) < 4.78 is 37.1. The Morgan fingerprint density at radius 2 is 1.82 bits per heavy atom. The molecule has 0 spiro atoms. The quantitative estimate of drug-likeness (QED) is 0.855. The van der Waals surface area contributed by atoms with Gasteiger partial charge in [0.25, 0.3) is 0 Å². The Hall–Kier alpha value is -0.490. The molecule has 0 atom stereocenters. The van der Waals surface area contributed by atoms with Gasteiger partial charge in [0, 0.05) is 19.5 Å². The molecular weight excluding hydrogens is 257 g/mol. The molecular formula is C10H18ClF3N2O. The Bertz CT molecular complexity index is 240. The molecule has 0 aromatic heterocycles. The van der Waals surface area contributed by atoms with E-state index < -0.39 is 12.1 Å². The first-order valence-corrected chi connectivity index (χ1v) is 5.49. The average Bonchev–Trinajstić information content (AvgIpc) is 2.25. The maximum atomic E-state index is 12.4. The van der Waals surface area contributed by atoms with Crippen LogP contribution in [-0.4, -0.2) is 36.6 Å². The molecule has 1 aliphatic heterocycles. The average molecular weight is 275 g/mol. The van der Waals surface area contributed by atoms with Gasteiger partial charge in [0.2, 0.25) is 5.91 Å². The van der Waals surface area contributed by atoms with Crippen LogP contribution in [-0.2, 0) is 4.79 Å². The molecule has 2 N–H and O–H groups in total. The van der Waals surface area contributed by atoms with Crippen LogP contribution in [0.4, 0.5) is 13.2 Å². The lowest BCUT2D eigenvalue weighted by molar-refractivity contribution is -0.186. The normalized spacial score (nSPS) is 17.8. The molecule has 1 fully saturated rings. The second-order valence-electron chi connectivity index (χ2n) is 4.09. The summed E-state index contributed by atoms with van der Waals surface area (Å²) in [5.41, 5.74) is 5.27. The van der Waals surface area contributed by atoms with E-state index in [1.165, 1.54) is 4.90 Å². The van der Waals surface area contributed by atoms with E-state index in [1.807, 2.05) is 0 Å². The van der Waals surface area contributed by atoms with Crippen molar-refractivity contribution in [2.24, 2.45) is 11.7 Å². The highest BCUT2D eigenvalue weighted by Gasteiger charge is 2.41. The number of piperidine rings is 1. The maximum absolute atomic E-state index is 12.4. The van der Waals surface area contributed by atoms with Gasteiger partial charge in [0.1, 0.15) is 0 Å². The fourth-order valence-corrected chi connectivity index (χ4v) is 1.87. The van der Waals surface area contributed by atoms with Crippen molar-refractivity contribution in [2.45, 2.75) is 31.9 Å². The lowest BCUT2D eigenvalue weighted by Gasteiger charge is -2.33. The lowest BCUT2D eigenvalue weighted by atomic mass is 9.96. The minimum atomic E-state index is -4.12. The van der Waals surface area contributed by atoms with Crippen LogP contribution >= 0.6 is 12.4 Å². The topological polar surface area (TPSA) is 46.3 Å². The summed E-state index contributed by atoms with van der Waals surface area (Å²) in [5.74, 6) is -1.32. The van der Waals surface area contributed by atoms with Crippen molar-refractivity contribution >= 4 is 18.3 Å². The second kappa shape index (κ2) is 7.06. The number of rotatable bonds is 3. The number of nitrogens with zero attached hydrogens (tertiary/aromatic N) is 1. The minimum absolute atomic E-state index is 0. The molecule has 7 heteroatoms. The molecule has 0 aromatic rings. The molecule has 0 radical (unpaired) electrons. The molecule has 0 unspecified atom stereocenters. The fourth-order valence-electron chi connectivity index (χ4n) is 1.87. The third-order valence-electron chi connectivity index (χ3n) is 2.91. The van der Waals surface area contributed by atoms with Crippen molar-refractivity contribution < 1.29 is 18.0 Å². The van der Waals surface area contributed by atoms with Gasteiger partial charge in [-0.05, 0) is 25.8 Å². The first-order chi connectivity index (χ1) is 7.45. The number of hydrogen-bond donors (Lipinski definition) is 1. The molecule has 1 heterocycles. The number of likely N-dealkylation sites (tertiary alicyclic amines) is 1. The van der Waals surface area contributed by atoms with Crippen LogP contribution in [0.15, 0.2) is 0 Å². The van der Waals surface area contributed by atoms with E-state index in [1.54, 1.807) is 0 Å². The predicted octanol–water partition coefficient (Wildman–Crippen LogP) is 1.95. The Morgan fingerprint density at radius 1 is 1.29 bits per heavy atom. The van der Waals surface area contributed by atoms with E-state index in [9.17, 15) is 18.0 Å². The van der Waals surface area contributed by atoms with Gasteiger partial charge in [-0.3, -0.25) is 4.79 Å². The van der Waals surface area contributed by atoms with Gasteiger partial charge < -0.3 is 10.6 Å². The van der Waals surface area contributed by atoms with Gasteiger partial charge in [-0.25, -0.2) is 0 Å². The van der Waals surface area contributed by atoms with Crippen molar-refractivity contribution in [2.75, 3.05) is 19.6 Å². The Balaban J connectivity index is 0.00000256. The Labute approximate surface area is 105 Å². The van der Waals surface area contributed by atoms with Gasteiger partial charge in [0.15, 0.2) is 0 Å². The van der Waals surface area contributed by atoms with Gasteiger partial charge in [0.05, 0.1) is 5.92 Å². The number of hydrogen-bond acceptors (Lipinski definition) is 2. The summed E-state index contributed by atoms with van der Waals surface area (Å²) in [5, 5.41) is 0. The molecule has 1 aliphatic rings. The Kier molecular flexibility index (Phi) is 6.85. The molecule has 3 nitrogen and oxygen atoms in total. The summed E-state index contributed by atoms with van der Waals surface area (Å²) in [4.78, 5) is 13.0. The molecule has 0 aliphatic carbocycles. The van der Waals surface area contributed by atoms with Crippen molar-refractivity contribution in [1.82, 2.24) is 4.90 Å². The van der Waals surface area contributed by atoms with Crippen LogP contribution in [0.25, 0.3) is 0 Å². The number of amides is 1. The monoisotopic (exact) mass is 274 g/mol. The molecule has 17 heavy (non-hydrogen) atoms. The summed E-state index contributed by atoms with van der Waals surface area (Å²) >= 11 is 0. The van der Waals surface area contributed by atoms with Crippen LogP contribution in [0.3, 0.4) is 0 Å². The number of nitrogens with two attached hydrogens (primary N) is 1. The first kappa shape index (κ1) is 16.5. The van der Waals surface area contributed by atoms with Crippen molar-refractivity contribution in [3.05, 3.63) is 0 Å². The van der Waals surface area contributed by atoms with Crippen molar-refractivity contribution in [1.29, 1.82) is 0 Å². The molecule has 1 amide bonds. The maximum Gasteiger partial charge on any atom is 0.391 e. The third kappa shape index (κ3) is 5.12. The zero-order chi connectivity index (χ0) is 12.2. The van der Waals surface area contributed by atoms with E-state index in [4.69, 9.17) is 5.73 Å². The largest absolute Gasteiger partial charge is 0.391 e. The number of halogens is 4. The smallest absolute Gasteiger partial charge is 0.343 e. The molecule has 1 rings (SSSR count). The number of alkyl halides is 3. The Morgan fingerprint density at radius 3 is 2.24 bits per heavy atom. The SMILES string of the molecule is Cl.NCCCC(=O)N1CCC(C(F)(F)F)CC1. The summed E-state index contributed by atoms with van der Waals surface area (Å²) in [6.07, 6.45) is -3.13. The summed E-state index contributed by atoms with van der Waals surface area (Å²) in [7, 11) is 0. The van der Waals surface area contributed by atoms with E-state index in [0.717, 1.165) is 0 Å². The molecule has 0 aromatic carbocycles. The minimum Gasteiger partial charge on any atom is -0.343 e. The van der Waals surface area contributed by atoms with Crippen LogP contribution in [0, 0.1) is 5.92 Å². The van der Waals surface area contributed by atoms with Crippen LogP contribution < -0.4 is 5.73 Å². The van der Waals surface area contributed by atoms with Crippen LogP contribution in [0.1, 0.15) is 25.7 Å². The number of carbonyl (C=O) groups is 1. The van der Waals surface area contributed by atoms with Crippen LogP contribution in [0.2, 0.25) is 0 Å². The highest BCUT2D eigenvalue weighted by Crippen LogP contribution is 2.34. The number of carbonyl (C=O) groups excluding carboxylic acids is 1. The molecule has 102 valence electrons. The highest BCUT2D eigenvalue weighted by molar-refractivity contribution is 5.85. The second-order valence-corrected chi connectivity index (χ2v) is 4.09. The van der Waals surface area contributed by atoms with Crippen LogP contribution in [0.5, 0.6) is 0 Å². The predicted molar refractivity (Wildman–Crippen MR) is 60.9 cm³/mol. The van der Waals surface area contributed by atoms with E-state index in [2.05, 4.69) is 0 Å². The van der Waals surface area contributed by atoms with Crippen molar-refractivity contribution in [3.8, 4) is 0 Å². The zero-order valence-corrected chi connectivity index (χ0v) is 10.3. The first-order valence-electron chi connectivity index (χ1n) is 5.49. The highest BCUT2D eigenvalue weighted by atomic mass is 35.5. The molecule has 1 saturated heterocycles. The van der Waals surface area contributed by atoms with Gasteiger partial charge in [-0.15, -0.1) is 12.4 Å². The van der Waals surface area contributed by atoms with Gasteiger partial charge >= 0.3 is 6.18 Å². The van der Waals surface area contributed by atoms with E-state index in [-0.39, 0.29) is 44.2 Å². The van der Waals surface area contributed by atoms with Gasteiger partial charge in [-0.1, -0.05) is 0 Å². The van der Waals surface area contributed by atoms with Crippen molar-refractivity contribution in [3.63, 3.8) is 0 Å². The van der Waals surface area contributed by atoms with E-state index >= 15 is 0 Å². The molecule has 0 saturated carbocycles. The fraction of sp³-hybridized carbons (Fsp3) is 0.900. The summed E-state index contributed by atoms with van der Waals surface area (Å²) in [6, 6.07) is 0. The lowest BCUT2D eigenvalue weighted by Crippen LogP contribution is -2.42. The summed E-state index contributed by atoms with van der Waals surface area (Å²) in [6.45, 7) is 0.867. The zero-order valence-electron chi connectivity index (χ0n) is 9.50. The van der Waals surface area contributed by atoms with E-state index in [0.29, 0.717) is 19.4 Å².